The van der Waals surface area contributed by atoms with Crippen molar-refractivity contribution in [3.63, 3.8) is 0 Å². The number of hydrogen-bond donors (Lipinski definition) is 2. The second-order valence-electron chi connectivity index (χ2n) is 2.80. The molecule has 0 bridgehead atoms. The van der Waals surface area contributed by atoms with Gasteiger partial charge in [0.25, 0.3) is 0 Å². The van der Waals surface area contributed by atoms with E-state index in [0.717, 1.165) is 0 Å². The lowest BCUT2D eigenvalue weighted by Gasteiger charge is -2.17. The molecule has 3 heteroatoms. The average Bonchev–Trinajstić information content (AvgIpc) is 1.78. The van der Waals surface area contributed by atoms with Crippen LogP contribution < -0.4 is 11.2 Å². The van der Waals surface area contributed by atoms with E-state index in [4.69, 9.17) is 17.0 Å². The molecule has 0 saturated carbocycles. The smallest absolute Gasteiger partial charge is 0.128 e. The lowest BCUT2D eigenvalue weighted by Crippen LogP contribution is -2.43. The van der Waals surface area contributed by atoms with Crippen molar-refractivity contribution in [2.75, 3.05) is 13.2 Å². The van der Waals surface area contributed by atoms with Crippen molar-refractivity contribution < 1.29 is 4.84 Å². The Morgan fingerprint density at radius 2 is 2.30 bits per heavy atom. The quantitative estimate of drug-likeness (QED) is 0.327. The monoisotopic (exact) mass is 142 g/mol. The maximum absolute atomic E-state index is 5.62. The third kappa shape index (κ3) is 7.44. The Balaban J connectivity index is 3.14. The minimum atomic E-state index is -0.255. The predicted octanol–water partition coefficient (Wildman–Crippen LogP) is -0.122. The highest BCUT2D eigenvalue weighted by molar-refractivity contribution is 4.82. The third-order valence-electron chi connectivity index (χ3n) is 0.785. The summed E-state index contributed by atoms with van der Waals surface area (Å²) in [5, 5.41) is 0. The molecule has 0 aliphatic rings. The molecule has 0 aliphatic carbocycles. The summed E-state index contributed by atoms with van der Waals surface area (Å²) in [6, 6.07) is 0. The Morgan fingerprint density at radius 1 is 1.70 bits per heavy atom. The molecule has 58 valence electrons. The topological polar surface area (TPSA) is 47.3 Å². The van der Waals surface area contributed by atoms with Crippen molar-refractivity contribution in [2.45, 2.75) is 19.4 Å². The number of nitrogens with one attached hydrogen (secondary N) is 1. The van der Waals surface area contributed by atoms with Crippen molar-refractivity contribution in [2.24, 2.45) is 5.73 Å². The minimum absolute atomic E-state index is 0.255. The lowest BCUT2D eigenvalue weighted by molar-refractivity contribution is 0.0553. The molecule has 0 atom stereocenters. The number of rotatable bonds is 4. The summed E-state index contributed by atoms with van der Waals surface area (Å²) in [5.41, 5.74) is 8.03. The molecular weight excluding hydrogens is 128 g/mol. The number of terminal acetylenes is 1. The molecule has 3 nitrogen and oxygen atoms in total. The summed E-state index contributed by atoms with van der Waals surface area (Å²) in [6.45, 7) is 4.67. The van der Waals surface area contributed by atoms with Crippen molar-refractivity contribution in [1.82, 2.24) is 5.48 Å². The van der Waals surface area contributed by atoms with Gasteiger partial charge in [-0.1, -0.05) is 5.92 Å². The van der Waals surface area contributed by atoms with E-state index in [1.54, 1.807) is 0 Å². The molecule has 0 radical (unpaired) electrons. The zero-order chi connectivity index (χ0) is 8.04. The van der Waals surface area contributed by atoms with Crippen LogP contribution in [0.1, 0.15) is 13.8 Å². The van der Waals surface area contributed by atoms with Crippen LogP contribution in [0.25, 0.3) is 0 Å². The molecule has 0 aromatic carbocycles. The first-order chi connectivity index (χ1) is 4.56. The Labute approximate surface area is 61.9 Å². The van der Waals surface area contributed by atoms with Gasteiger partial charge in [0.05, 0.1) is 0 Å². The molecule has 0 aromatic rings. The van der Waals surface area contributed by atoms with Crippen molar-refractivity contribution in [3.8, 4) is 12.3 Å². The third-order valence-corrected chi connectivity index (χ3v) is 0.785. The van der Waals surface area contributed by atoms with Crippen LogP contribution in [0, 0.1) is 12.3 Å². The Hall–Kier alpha value is -0.560. The van der Waals surface area contributed by atoms with Gasteiger partial charge in [-0.05, 0) is 13.8 Å². The molecule has 10 heavy (non-hydrogen) atoms. The molecule has 0 rings (SSSR count). The molecule has 0 fully saturated rings. The van der Waals surface area contributed by atoms with Crippen LogP contribution in [0.2, 0.25) is 0 Å². The molecule has 0 aromatic heterocycles. The minimum Gasteiger partial charge on any atom is -0.324 e. The Morgan fingerprint density at radius 3 is 2.70 bits per heavy atom. The van der Waals surface area contributed by atoms with E-state index in [1.807, 2.05) is 13.8 Å². The van der Waals surface area contributed by atoms with Gasteiger partial charge in [0.15, 0.2) is 0 Å². The van der Waals surface area contributed by atoms with Crippen LogP contribution in [-0.4, -0.2) is 18.7 Å². The second kappa shape index (κ2) is 4.29. The largest absolute Gasteiger partial charge is 0.324 e. The Bertz CT molecular complexity index is 121. The molecule has 0 spiro atoms. The normalized spacial score (nSPS) is 11.0. The van der Waals surface area contributed by atoms with Crippen molar-refractivity contribution in [3.05, 3.63) is 0 Å². The van der Waals surface area contributed by atoms with Gasteiger partial charge in [0.2, 0.25) is 0 Å². The van der Waals surface area contributed by atoms with Crippen LogP contribution in [0.4, 0.5) is 0 Å². The molecule has 0 unspecified atom stereocenters. The molecule has 3 N–H and O–H groups in total. The summed E-state index contributed by atoms with van der Waals surface area (Å²) in [5.74, 6) is 2.33. The first-order valence-corrected chi connectivity index (χ1v) is 3.13. The van der Waals surface area contributed by atoms with E-state index in [0.29, 0.717) is 6.54 Å². The summed E-state index contributed by atoms with van der Waals surface area (Å²) in [6.07, 6.45) is 4.93. The van der Waals surface area contributed by atoms with Gasteiger partial charge in [0, 0.05) is 12.1 Å². The summed E-state index contributed by atoms with van der Waals surface area (Å²) in [7, 11) is 0. The van der Waals surface area contributed by atoms with Crippen LogP contribution >= 0.6 is 0 Å². The van der Waals surface area contributed by atoms with Crippen LogP contribution in [0.5, 0.6) is 0 Å². The van der Waals surface area contributed by atoms with Crippen LogP contribution in [0.3, 0.4) is 0 Å². The highest BCUT2D eigenvalue weighted by Crippen LogP contribution is 1.91. The highest BCUT2D eigenvalue weighted by atomic mass is 16.6. The standard InChI is InChI=1S/C7H14N2O/c1-4-5-10-9-6-7(2,3)8/h1,9H,5-6,8H2,2-3H3. The van der Waals surface area contributed by atoms with Crippen LogP contribution in [0.15, 0.2) is 0 Å². The van der Waals surface area contributed by atoms with Gasteiger partial charge in [0.1, 0.15) is 6.61 Å². The van der Waals surface area contributed by atoms with E-state index < -0.39 is 0 Å². The van der Waals surface area contributed by atoms with Crippen molar-refractivity contribution in [1.29, 1.82) is 0 Å². The Kier molecular flexibility index (Phi) is 4.05. The van der Waals surface area contributed by atoms with E-state index >= 15 is 0 Å². The fourth-order valence-electron chi connectivity index (χ4n) is 0.330. The van der Waals surface area contributed by atoms with Crippen LogP contribution in [-0.2, 0) is 4.84 Å². The summed E-state index contributed by atoms with van der Waals surface area (Å²) < 4.78 is 0. The van der Waals surface area contributed by atoms with E-state index in [1.165, 1.54) is 0 Å². The van der Waals surface area contributed by atoms with E-state index in [-0.39, 0.29) is 12.1 Å². The zero-order valence-electron chi connectivity index (χ0n) is 6.48. The number of nitrogens with two attached hydrogens (primary N) is 1. The van der Waals surface area contributed by atoms with E-state index in [2.05, 4.69) is 11.4 Å². The average molecular weight is 142 g/mol. The molecular formula is C7H14N2O. The van der Waals surface area contributed by atoms with Gasteiger partial charge < -0.3 is 5.73 Å². The maximum Gasteiger partial charge on any atom is 0.128 e. The molecule has 0 saturated heterocycles. The first kappa shape index (κ1) is 9.44. The highest BCUT2D eigenvalue weighted by Gasteiger charge is 2.08. The SMILES string of the molecule is C#CCONCC(C)(C)N. The summed E-state index contributed by atoms with van der Waals surface area (Å²) in [4.78, 5) is 4.79. The van der Waals surface area contributed by atoms with Gasteiger partial charge in [-0.3, -0.25) is 4.84 Å². The fraction of sp³-hybridized carbons (Fsp3) is 0.714. The summed E-state index contributed by atoms with van der Waals surface area (Å²) >= 11 is 0. The molecule has 0 aliphatic heterocycles. The maximum atomic E-state index is 5.62. The van der Waals surface area contributed by atoms with Gasteiger partial charge in [-0.2, -0.15) is 5.48 Å². The van der Waals surface area contributed by atoms with Crippen molar-refractivity contribution >= 4 is 0 Å². The fourth-order valence-corrected chi connectivity index (χ4v) is 0.330. The van der Waals surface area contributed by atoms with Gasteiger partial charge in [-0.15, -0.1) is 6.42 Å². The number of hydroxylamine groups is 1. The first-order valence-electron chi connectivity index (χ1n) is 3.13. The predicted molar refractivity (Wildman–Crippen MR) is 41.1 cm³/mol. The number of hydrogen-bond acceptors (Lipinski definition) is 3. The second-order valence-corrected chi connectivity index (χ2v) is 2.80. The molecule has 0 heterocycles. The van der Waals surface area contributed by atoms with Gasteiger partial charge in [-0.25, -0.2) is 0 Å². The zero-order valence-corrected chi connectivity index (χ0v) is 6.48. The lowest BCUT2D eigenvalue weighted by atomic mass is 10.1. The van der Waals surface area contributed by atoms with E-state index in [9.17, 15) is 0 Å². The van der Waals surface area contributed by atoms with Gasteiger partial charge >= 0.3 is 0 Å². The molecule has 0 amide bonds.